The number of hydrogen-bond acceptors (Lipinski definition) is 2. The van der Waals surface area contributed by atoms with Crippen molar-refractivity contribution in [3.63, 3.8) is 0 Å². The average molecular weight is 329 g/mol. The van der Waals surface area contributed by atoms with Gasteiger partial charge in [0.15, 0.2) is 0 Å². The first-order valence-corrected chi connectivity index (χ1v) is 8.39. The lowest BCUT2D eigenvalue weighted by Gasteiger charge is -2.38. The zero-order chi connectivity index (χ0) is 17.6. The topological polar surface area (TPSA) is 40.5 Å². The number of carboxylic acid groups (broad SMARTS) is 1. The van der Waals surface area contributed by atoms with Crippen LogP contribution < -0.4 is 4.90 Å². The fourth-order valence-corrected chi connectivity index (χ4v) is 3.81. The molecular weight excluding hydrogens is 310 g/mol. The first-order valence-electron chi connectivity index (χ1n) is 8.39. The molecule has 3 heteroatoms. The molecule has 0 radical (unpaired) electrons. The van der Waals surface area contributed by atoms with Crippen molar-refractivity contribution in [3.05, 3.63) is 88.7 Å². The van der Waals surface area contributed by atoms with Crippen LogP contribution in [0.1, 0.15) is 23.1 Å². The first kappa shape index (κ1) is 15.5. The van der Waals surface area contributed by atoms with Crippen LogP contribution in [0.15, 0.2) is 72.0 Å². The normalized spacial score (nSPS) is 15.6. The predicted molar refractivity (Wildman–Crippen MR) is 101 cm³/mol. The summed E-state index contributed by atoms with van der Waals surface area (Å²) in [4.78, 5) is 14.2. The Morgan fingerprint density at radius 2 is 1.76 bits per heavy atom. The number of rotatable bonds is 2. The van der Waals surface area contributed by atoms with Gasteiger partial charge in [-0.3, -0.25) is 0 Å². The number of benzene rings is 2. The standard InChI is InChI=1S/C22H19NO2/c1-14-8-7-9-15(2)21(14)23-18-12-5-3-10-16(18)20(22(24)25)17-11-4-6-13-19(17)23/h3-10,12-13H,11H2,1-2H3,(H,24,25). The summed E-state index contributed by atoms with van der Waals surface area (Å²) in [5.41, 5.74) is 7.40. The van der Waals surface area contributed by atoms with Gasteiger partial charge in [0, 0.05) is 5.56 Å². The molecule has 0 unspecified atom stereocenters. The molecule has 0 spiro atoms. The van der Waals surface area contributed by atoms with Crippen molar-refractivity contribution in [1.82, 2.24) is 0 Å². The van der Waals surface area contributed by atoms with Crippen LogP contribution in [0, 0.1) is 13.8 Å². The average Bonchev–Trinajstić information content (AvgIpc) is 2.60. The number of aryl methyl sites for hydroxylation is 2. The molecule has 1 aliphatic heterocycles. The Balaban J connectivity index is 2.08. The van der Waals surface area contributed by atoms with Crippen LogP contribution in [-0.4, -0.2) is 11.1 Å². The Hall–Kier alpha value is -3.07. The maximum atomic E-state index is 12.0. The van der Waals surface area contributed by atoms with E-state index in [4.69, 9.17) is 0 Å². The van der Waals surface area contributed by atoms with E-state index in [1.165, 1.54) is 11.1 Å². The van der Waals surface area contributed by atoms with Gasteiger partial charge in [0.1, 0.15) is 0 Å². The Morgan fingerprint density at radius 1 is 1.04 bits per heavy atom. The Bertz CT molecular complexity index is 959. The van der Waals surface area contributed by atoms with Crippen molar-refractivity contribution in [2.24, 2.45) is 0 Å². The van der Waals surface area contributed by atoms with Crippen LogP contribution in [0.3, 0.4) is 0 Å². The van der Waals surface area contributed by atoms with E-state index < -0.39 is 5.97 Å². The maximum Gasteiger partial charge on any atom is 0.336 e. The number of fused-ring (bicyclic) bond motifs is 2. The molecular formula is C22H19NO2. The highest BCUT2D eigenvalue weighted by Crippen LogP contribution is 2.47. The van der Waals surface area contributed by atoms with Gasteiger partial charge >= 0.3 is 5.97 Å². The van der Waals surface area contributed by atoms with Crippen LogP contribution in [0.25, 0.3) is 5.57 Å². The summed E-state index contributed by atoms with van der Waals surface area (Å²) in [5.74, 6) is -0.871. The fraction of sp³-hybridized carbons (Fsp3) is 0.136. The van der Waals surface area contributed by atoms with Crippen molar-refractivity contribution in [2.75, 3.05) is 4.90 Å². The highest BCUT2D eigenvalue weighted by atomic mass is 16.4. The zero-order valence-corrected chi connectivity index (χ0v) is 14.3. The van der Waals surface area contributed by atoms with E-state index >= 15 is 0 Å². The largest absolute Gasteiger partial charge is 0.478 e. The summed E-state index contributed by atoms with van der Waals surface area (Å²) >= 11 is 0. The second kappa shape index (κ2) is 5.78. The first-order chi connectivity index (χ1) is 12.1. The summed E-state index contributed by atoms with van der Waals surface area (Å²) < 4.78 is 0. The molecule has 1 N–H and O–H groups in total. The summed E-state index contributed by atoms with van der Waals surface area (Å²) in [7, 11) is 0. The Kier molecular flexibility index (Phi) is 3.57. The van der Waals surface area contributed by atoms with Crippen molar-refractivity contribution < 1.29 is 9.90 Å². The fourth-order valence-electron chi connectivity index (χ4n) is 3.81. The van der Waals surface area contributed by atoms with E-state index in [-0.39, 0.29) is 0 Å². The number of aliphatic carboxylic acids is 1. The van der Waals surface area contributed by atoms with Gasteiger partial charge in [-0.05, 0) is 49.1 Å². The van der Waals surface area contributed by atoms with Crippen LogP contribution in [0.5, 0.6) is 0 Å². The molecule has 0 saturated heterocycles. The highest BCUT2D eigenvalue weighted by molar-refractivity contribution is 6.21. The number of para-hydroxylation sites is 2. The number of hydrogen-bond donors (Lipinski definition) is 1. The van der Waals surface area contributed by atoms with E-state index in [2.05, 4.69) is 36.9 Å². The van der Waals surface area contributed by atoms with Gasteiger partial charge < -0.3 is 10.0 Å². The van der Waals surface area contributed by atoms with Gasteiger partial charge in [-0.1, -0.05) is 48.6 Å². The summed E-state index contributed by atoms with van der Waals surface area (Å²) in [6.45, 7) is 4.19. The molecule has 1 aliphatic carbocycles. The number of nitrogens with zero attached hydrogens (tertiary/aromatic N) is 1. The van der Waals surface area contributed by atoms with Crippen molar-refractivity contribution in [1.29, 1.82) is 0 Å². The minimum atomic E-state index is -0.871. The highest BCUT2D eigenvalue weighted by Gasteiger charge is 2.33. The van der Waals surface area contributed by atoms with Crippen molar-refractivity contribution in [2.45, 2.75) is 20.3 Å². The van der Waals surface area contributed by atoms with Gasteiger partial charge in [-0.25, -0.2) is 4.79 Å². The number of carbonyl (C=O) groups is 1. The van der Waals surface area contributed by atoms with E-state index in [0.29, 0.717) is 12.0 Å². The molecule has 0 aromatic heterocycles. The minimum Gasteiger partial charge on any atom is -0.478 e. The smallest absolute Gasteiger partial charge is 0.336 e. The molecule has 2 aromatic rings. The molecule has 2 aromatic carbocycles. The van der Waals surface area contributed by atoms with Gasteiger partial charge in [-0.2, -0.15) is 0 Å². The Labute approximate surface area is 147 Å². The van der Waals surface area contributed by atoms with Crippen LogP contribution in [-0.2, 0) is 4.79 Å². The maximum absolute atomic E-state index is 12.0. The van der Waals surface area contributed by atoms with Crippen molar-refractivity contribution in [3.8, 4) is 0 Å². The van der Waals surface area contributed by atoms with Crippen LogP contribution >= 0.6 is 0 Å². The Morgan fingerprint density at radius 3 is 2.48 bits per heavy atom. The van der Waals surface area contributed by atoms with Crippen molar-refractivity contribution >= 4 is 22.9 Å². The molecule has 4 rings (SSSR count). The third-order valence-corrected chi connectivity index (χ3v) is 4.86. The molecule has 0 bridgehead atoms. The SMILES string of the molecule is Cc1cccc(C)c1N1C2=CC=CCC2=C(C(=O)O)c2ccccc21. The molecule has 124 valence electrons. The number of allylic oxidation sites excluding steroid dienone is 4. The molecule has 0 atom stereocenters. The van der Waals surface area contributed by atoms with E-state index in [0.717, 1.165) is 28.2 Å². The predicted octanol–water partition coefficient (Wildman–Crippen LogP) is 5.14. The minimum absolute atomic E-state index is 0.411. The van der Waals surface area contributed by atoms with Gasteiger partial charge in [0.05, 0.1) is 22.6 Å². The monoisotopic (exact) mass is 329 g/mol. The third-order valence-electron chi connectivity index (χ3n) is 4.86. The molecule has 1 heterocycles. The molecule has 2 aliphatic rings. The lowest BCUT2D eigenvalue weighted by Crippen LogP contribution is -2.27. The molecule has 0 amide bonds. The van der Waals surface area contributed by atoms with E-state index in [9.17, 15) is 9.90 Å². The van der Waals surface area contributed by atoms with E-state index in [1.807, 2.05) is 42.5 Å². The van der Waals surface area contributed by atoms with Crippen LogP contribution in [0.4, 0.5) is 11.4 Å². The lowest BCUT2D eigenvalue weighted by atomic mass is 9.86. The molecule has 3 nitrogen and oxygen atoms in total. The van der Waals surface area contributed by atoms with Gasteiger partial charge in [0.25, 0.3) is 0 Å². The molecule has 25 heavy (non-hydrogen) atoms. The quantitative estimate of drug-likeness (QED) is 0.829. The third kappa shape index (κ3) is 2.31. The summed E-state index contributed by atoms with van der Waals surface area (Å²) in [6, 6.07) is 14.0. The second-order valence-electron chi connectivity index (χ2n) is 6.44. The second-order valence-corrected chi connectivity index (χ2v) is 6.44. The number of anilines is 2. The zero-order valence-electron chi connectivity index (χ0n) is 14.3. The number of carboxylic acids is 1. The molecule has 0 fully saturated rings. The van der Waals surface area contributed by atoms with Gasteiger partial charge in [-0.15, -0.1) is 0 Å². The lowest BCUT2D eigenvalue weighted by molar-refractivity contribution is -0.130. The summed E-state index contributed by atoms with van der Waals surface area (Å²) in [6.07, 6.45) is 6.66. The summed E-state index contributed by atoms with van der Waals surface area (Å²) in [5, 5.41) is 9.86. The van der Waals surface area contributed by atoms with E-state index in [1.54, 1.807) is 0 Å². The molecule has 0 saturated carbocycles. The van der Waals surface area contributed by atoms with Crippen LogP contribution in [0.2, 0.25) is 0 Å². The van der Waals surface area contributed by atoms with Gasteiger partial charge in [0.2, 0.25) is 0 Å².